The highest BCUT2D eigenvalue weighted by atomic mass is 16.6. The molecule has 0 radical (unpaired) electrons. The SMILES string of the molecule is COc1cc(C)c(-c2c(-c3ccccc3)cccc2[N+](=O)[O-])c(OCc2ccccc2)c1. The van der Waals surface area contributed by atoms with Crippen molar-refractivity contribution in [1.29, 1.82) is 0 Å². The Kier molecular flexibility index (Phi) is 6.17. The third kappa shape index (κ3) is 4.32. The number of rotatable bonds is 7. The number of ether oxygens (including phenoxy) is 2. The molecule has 0 saturated carbocycles. The number of benzene rings is 4. The van der Waals surface area contributed by atoms with Crippen LogP contribution >= 0.6 is 0 Å². The molecular formula is C27H23NO4. The summed E-state index contributed by atoms with van der Waals surface area (Å²) in [4.78, 5) is 11.7. The minimum atomic E-state index is -0.341. The Hall–Kier alpha value is -4.12. The van der Waals surface area contributed by atoms with Crippen LogP contribution in [0.1, 0.15) is 11.1 Å². The standard InChI is InChI=1S/C27H23NO4/c1-19-16-22(31-2)17-25(32-18-20-10-5-3-6-11-20)26(19)27-23(21-12-7-4-8-13-21)14-9-15-24(27)28(29)30/h3-17H,18H2,1-2H3. The lowest BCUT2D eigenvalue weighted by Crippen LogP contribution is -2.02. The van der Waals surface area contributed by atoms with Gasteiger partial charge in [0.1, 0.15) is 18.1 Å². The van der Waals surface area contributed by atoms with Gasteiger partial charge >= 0.3 is 0 Å². The normalized spacial score (nSPS) is 10.6. The first-order chi connectivity index (χ1) is 15.6. The summed E-state index contributed by atoms with van der Waals surface area (Å²) < 4.78 is 11.7. The zero-order valence-corrected chi connectivity index (χ0v) is 17.9. The summed E-state index contributed by atoms with van der Waals surface area (Å²) in [5.41, 5.74) is 4.76. The molecule has 0 unspecified atom stereocenters. The molecule has 4 aromatic rings. The molecule has 0 N–H and O–H groups in total. The van der Waals surface area contributed by atoms with E-state index in [1.54, 1.807) is 19.2 Å². The number of nitro benzene ring substituents is 1. The van der Waals surface area contributed by atoms with Crippen LogP contribution < -0.4 is 9.47 Å². The fraction of sp³-hybridized carbons (Fsp3) is 0.111. The molecule has 4 aromatic carbocycles. The smallest absolute Gasteiger partial charge is 0.277 e. The zero-order chi connectivity index (χ0) is 22.5. The van der Waals surface area contributed by atoms with Crippen molar-refractivity contribution in [3.63, 3.8) is 0 Å². The Morgan fingerprint density at radius 2 is 1.53 bits per heavy atom. The van der Waals surface area contributed by atoms with Crippen molar-refractivity contribution in [2.75, 3.05) is 7.11 Å². The number of nitro groups is 1. The summed E-state index contributed by atoms with van der Waals surface area (Å²) in [5.74, 6) is 1.17. The Balaban J connectivity index is 1.93. The molecule has 5 nitrogen and oxygen atoms in total. The van der Waals surface area contributed by atoms with Crippen molar-refractivity contribution in [2.45, 2.75) is 13.5 Å². The number of hydrogen-bond acceptors (Lipinski definition) is 4. The Morgan fingerprint density at radius 1 is 0.844 bits per heavy atom. The molecule has 4 rings (SSSR count). The number of nitrogens with zero attached hydrogens (tertiary/aromatic N) is 1. The second kappa shape index (κ2) is 9.35. The van der Waals surface area contributed by atoms with E-state index in [9.17, 15) is 10.1 Å². The first-order valence-corrected chi connectivity index (χ1v) is 10.3. The van der Waals surface area contributed by atoms with Gasteiger partial charge in [0.25, 0.3) is 5.69 Å². The maximum Gasteiger partial charge on any atom is 0.277 e. The summed E-state index contributed by atoms with van der Waals surface area (Å²) in [6, 6.07) is 28.3. The van der Waals surface area contributed by atoms with Crippen LogP contribution in [0.3, 0.4) is 0 Å². The lowest BCUT2D eigenvalue weighted by Gasteiger charge is -2.19. The maximum absolute atomic E-state index is 12.0. The van der Waals surface area contributed by atoms with Gasteiger partial charge in [-0.3, -0.25) is 10.1 Å². The molecule has 0 heterocycles. The van der Waals surface area contributed by atoms with Crippen LogP contribution in [0.25, 0.3) is 22.3 Å². The molecule has 0 saturated heterocycles. The van der Waals surface area contributed by atoms with Crippen molar-refractivity contribution in [3.05, 3.63) is 112 Å². The molecule has 0 atom stereocenters. The minimum absolute atomic E-state index is 0.0316. The number of methoxy groups -OCH3 is 1. The average Bonchev–Trinajstić information content (AvgIpc) is 2.83. The molecule has 0 aliphatic carbocycles. The largest absolute Gasteiger partial charge is 0.497 e. The number of hydrogen-bond donors (Lipinski definition) is 0. The van der Waals surface area contributed by atoms with Crippen molar-refractivity contribution in [3.8, 4) is 33.8 Å². The van der Waals surface area contributed by atoms with Crippen molar-refractivity contribution in [1.82, 2.24) is 0 Å². The predicted octanol–water partition coefficient (Wildman–Crippen LogP) is 6.82. The minimum Gasteiger partial charge on any atom is -0.497 e. The fourth-order valence-electron chi connectivity index (χ4n) is 3.82. The predicted molar refractivity (Wildman–Crippen MR) is 126 cm³/mol. The van der Waals surface area contributed by atoms with E-state index in [2.05, 4.69) is 0 Å². The third-order valence-electron chi connectivity index (χ3n) is 5.32. The second-order valence-corrected chi connectivity index (χ2v) is 7.41. The Bertz CT molecular complexity index is 1240. The van der Waals surface area contributed by atoms with E-state index in [1.807, 2.05) is 79.7 Å². The summed E-state index contributed by atoms with van der Waals surface area (Å²) in [6.45, 7) is 2.25. The summed E-state index contributed by atoms with van der Waals surface area (Å²) >= 11 is 0. The highest BCUT2D eigenvalue weighted by Gasteiger charge is 2.25. The van der Waals surface area contributed by atoms with Gasteiger partial charge in [-0.15, -0.1) is 0 Å². The van der Waals surface area contributed by atoms with Crippen LogP contribution in [0.5, 0.6) is 11.5 Å². The van der Waals surface area contributed by atoms with Gasteiger partial charge in [0.05, 0.1) is 17.6 Å². The van der Waals surface area contributed by atoms with Gasteiger partial charge in [0.2, 0.25) is 0 Å². The molecule has 32 heavy (non-hydrogen) atoms. The molecular weight excluding hydrogens is 402 g/mol. The average molecular weight is 425 g/mol. The first kappa shape index (κ1) is 21.1. The van der Waals surface area contributed by atoms with Crippen LogP contribution in [0, 0.1) is 17.0 Å². The van der Waals surface area contributed by atoms with Crippen molar-refractivity contribution < 1.29 is 14.4 Å². The summed E-state index contributed by atoms with van der Waals surface area (Å²) in [5, 5.41) is 12.0. The molecule has 0 bridgehead atoms. The highest BCUT2D eigenvalue weighted by molar-refractivity contribution is 5.93. The molecule has 0 fully saturated rings. The topological polar surface area (TPSA) is 61.6 Å². The van der Waals surface area contributed by atoms with Crippen molar-refractivity contribution >= 4 is 5.69 Å². The molecule has 5 heteroatoms. The third-order valence-corrected chi connectivity index (χ3v) is 5.32. The second-order valence-electron chi connectivity index (χ2n) is 7.41. The van der Waals surface area contributed by atoms with E-state index in [0.29, 0.717) is 29.2 Å². The van der Waals surface area contributed by atoms with Gasteiger partial charge in [-0.05, 0) is 35.2 Å². The van der Waals surface area contributed by atoms with Crippen molar-refractivity contribution in [2.24, 2.45) is 0 Å². The van der Waals surface area contributed by atoms with E-state index in [1.165, 1.54) is 6.07 Å². The van der Waals surface area contributed by atoms with Gasteiger partial charge in [0.15, 0.2) is 0 Å². The summed E-state index contributed by atoms with van der Waals surface area (Å²) in [6.07, 6.45) is 0. The monoisotopic (exact) mass is 425 g/mol. The Labute approximate surface area is 187 Å². The van der Waals surface area contributed by atoms with Gasteiger partial charge in [-0.1, -0.05) is 72.8 Å². The van der Waals surface area contributed by atoms with Crippen LogP contribution in [0.4, 0.5) is 5.69 Å². The van der Waals surface area contributed by atoms with E-state index < -0.39 is 0 Å². The van der Waals surface area contributed by atoms with Crippen LogP contribution in [0.2, 0.25) is 0 Å². The maximum atomic E-state index is 12.0. The van der Waals surface area contributed by atoms with E-state index in [0.717, 1.165) is 22.3 Å². The number of aryl methyl sites for hydroxylation is 1. The van der Waals surface area contributed by atoms with E-state index >= 15 is 0 Å². The quantitative estimate of drug-likeness (QED) is 0.241. The molecule has 0 aliphatic rings. The lowest BCUT2D eigenvalue weighted by molar-refractivity contribution is -0.384. The first-order valence-electron chi connectivity index (χ1n) is 10.3. The molecule has 0 aromatic heterocycles. The molecule has 160 valence electrons. The van der Waals surface area contributed by atoms with E-state index in [-0.39, 0.29) is 10.6 Å². The van der Waals surface area contributed by atoms with Crippen LogP contribution in [-0.2, 0) is 6.61 Å². The summed E-state index contributed by atoms with van der Waals surface area (Å²) in [7, 11) is 1.59. The lowest BCUT2D eigenvalue weighted by atomic mass is 9.90. The fourth-order valence-corrected chi connectivity index (χ4v) is 3.82. The van der Waals surface area contributed by atoms with Gasteiger partial charge < -0.3 is 9.47 Å². The van der Waals surface area contributed by atoms with Crippen LogP contribution in [0.15, 0.2) is 91.0 Å². The molecule has 0 aliphatic heterocycles. The molecule has 0 amide bonds. The van der Waals surface area contributed by atoms with Gasteiger partial charge in [0, 0.05) is 17.7 Å². The van der Waals surface area contributed by atoms with Gasteiger partial charge in [-0.25, -0.2) is 0 Å². The molecule has 0 spiro atoms. The van der Waals surface area contributed by atoms with E-state index in [4.69, 9.17) is 9.47 Å². The van der Waals surface area contributed by atoms with Crippen LogP contribution in [-0.4, -0.2) is 12.0 Å². The zero-order valence-electron chi connectivity index (χ0n) is 17.9. The highest BCUT2D eigenvalue weighted by Crippen LogP contribution is 2.46. The van der Waals surface area contributed by atoms with Gasteiger partial charge in [-0.2, -0.15) is 0 Å². The Morgan fingerprint density at radius 3 is 2.19 bits per heavy atom.